The van der Waals surface area contributed by atoms with Gasteiger partial charge in [-0.3, -0.25) is 9.11 Å². The van der Waals surface area contributed by atoms with E-state index in [0.29, 0.717) is 11.8 Å². The van der Waals surface area contributed by atoms with Crippen molar-refractivity contribution in [2.75, 3.05) is 5.32 Å². The van der Waals surface area contributed by atoms with Crippen LogP contribution >= 0.6 is 0 Å². The summed E-state index contributed by atoms with van der Waals surface area (Å²) in [6.45, 7) is 0. The molecule has 12 nitrogen and oxygen atoms in total. The summed E-state index contributed by atoms with van der Waals surface area (Å²) in [5.74, 6) is 0.0399. The first-order valence-electron chi connectivity index (χ1n) is 7.23. The van der Waals surface area contributed by atoms with Crippen molar-refractivity contribution in [3.05, 3.63) is 42.4 Å². The van der Waals surface area contributed by atoms with E-state index in [1.165, 1.54) is 24.4 Å². The number of tetrazole rings is 1. The fraction of sp³-hybridized carbons (Fsp3) is 0. The second-order valence-corrected chi connectivity index (χ2v) is 8.17. The molecule has 0 amide bonds. The van der Waals surface area contributed by atoms with Crippen molar-refractivity contribution in [1.82, 2.24) is 20.6 Å². The lowest BCUT2D eigenvalue weighted by molar-refractivity contribution is 0.482. The van der Waals surface area contributed by atoms with Gasteiger partial charge in [0.05, 0.1) is 4.90 Å². The van der Waals surface area contributed by atoms with E-state index in [0.717, 1.165) is 6.07 Å². The molecule has 0 spiro atoms. The summed E-state index contributed by atoms with van der Waals surface area (Å²) in [4.78, 5) is -1.38. The summed E-state index contributed by atoms with van der Waals surface area (Å²) in [5.41, 5.74) is 0.386. The van der Waals surface area contributed by atoms with E-state index in [4.69, 9.17) is 5.26 Å². The van der Waals surface area contributed by atoms with Crippen LogP contribution < -0.4 is 5.32 Å². The molecule has 3 rings (SSSR count). The molecule has 144 valence electrons. The second kappa shape index (κ2) is 6.98. The maximum atomic E-state index is 11.6. The Balaban J connectivity index is 2.12. The Hall–Kier alpha value is -3.38. The van der Waals surface area contributed by atoms with Gasteiger partial charge in [0.1, 0.15) is 16.5 Å². The SMILES string of the molecule is N#CC(=CNc1ccc2c(S(=O)(=O)O)cc(S(=O)(=O)O)cc2c1)c1nn[nH]n1. The largest absolute Gasteiger partial charge is 0.360 e. The first-order valence-corrected chi connectivity index (χ1v) is 10.1. The zero-order valence-corrected chi connectivity index (χ0v) is 15.2. The quantitative estimate of drug-likeness (QED) is 0.335. The lowest BCUT2D eigenvalue weighted by Gasteiger charge is -2.09. The highest BCUT2D eigenvalue weighted by atomic mass is 32.2. The van der Waals surface area contributed by atoms with Gasteiger partial charge in [-0.2, -0.15) is 27.3 Å². The average molecular weight is 422 g/mol. The van der Waals surface area contributed by atoms with Gasteiger partial charge in [0.15, 0.2) is 0 Å². The minimum Gasteiger partial charge on any atom is -0.360 e. The normalized spacial score (nSPS) is 12.7. The second-order valence-electron chi connectivity index (χ2n) is 5.36. The van der Waals surface area contributed by atoms with Gasteiger partial charge in [-0.05, 0) is 34.9 Å². The predicted molar refractivity (Wildman–Crippen MR) is 95.0 cm³/mol. The Morgan fingerprint density at radius 1 is 1.14 bits per heavy atom. The summed E-state index contributed by atoms with van der Waals surface area (Å²) in [5, 5.41) is 24.9. The summed E-state index contributed by atoms with van der Waals surface area (Å²) >= 11 is 0. The standard InChI is InChI=1S/C14H10N6O6S2/c15-6-9(14-17-19-20-18-14)7-16-10-1-2-12-8(3-10)4-11(27(21,22)23)5-13(12)28(24,25)26/h1-5,7,16H,(H,21,22,23)(H,24,25,26)(H,17,18,19,20). The molecule has 0 saturated heterocycles. The maximum absolute atomic E-state index is 11.6. The number of hydrogen-bond acceptors (Lipinski definition) is 9. The third-order valence-electron chi connectivity index (χ3n) is 3.55. The molecule has 0 radical (unpaired) electrons. The van der Waals surface area contributed by atoms with Gasteiger partial charge in [-0.15, -0.1) is 10.2 Å². The van der Waals surface area contributed by atoms with Gasteiger partial charge in [-0.1, -0.05) is 6.07 Å². The van der Waals surface area contributed by atoms with Crippen molar-refractivity contribution >= 4 is 42.3 Å². The Kier molecular flexibility index (Phi) is 4.83. The zero-order valence-electron chi connectivity index (χ0n) is 13.6. The van der Waals surface area contributed by atoms with Crippen molar-refractivity contribution in [2.24, 2.45) is 0 Å². The monoisotopic (exact) mass is 422 g/mol. The van der Waals surface area contributed by atoms with E-state index >= 15 is 0 Å². The summed E-state index contributed by atoms with van der Waals surface area (Å²) in [6, 6.07) is 7.68. The van der Waals surface area contributed by atoms with Gasteiger partial charge in [0.2, 0.25) is 5.82 Å². The molecule has 3 aromatic rings. The third-order valence-corrected chi connectivity index (χ3v) is 5.28. The highest BCUT2D eigenvalue weighted by molar-refractivity contribution is 7.86. The number of anilines is 1. The predicted octanol–water partition coefficient (Wildman–Crippen LogP) is 0.823. The van der Waals surface area contributed by atoms with Gasteiger partial charge in [0.25, 0.3) is 20.2 Å². The molecule has 0 bridgehead atoms. The molecule has 0 aliphatic carbocycles. The van der Waals surface area contributed by atoms with Crippen molar-refractivity contribution in [1.29, 1.82) is 5.26 Å². The molecule has 2 aromatic carbocycles. The van der Waals surface area contributed by atoms with Crippen LogP contribution in [0.3, 0.4) is 0 Å². The highest BCUT2D eigenvalue weighted by Gasteiger charge is 2.20. The maximum Gasteiger partial charge on any atom is 0.295 e. The van der Waals surface area contributed by atoms with Crippen LogP contribution in [0.25, 0.3) is 16.3 Å². The molecule has 1 heterocycles. The van der Waals surface area contributed by atoms with E-state index in [9.17, 15) is 25.9 Å². The lowest BCUT2D eigenvalue weighted by Crippen LogP contribution is -2.04. The number of aromatic nitrogens is 4. The van der Waals surface area contributed by atoms with Crippen LogP contribution in [-0.4, -0.2) is 46.6 Å². The first kappa shape index (κ1) is 19.4. The minimum absolute atomic E-state index is 0.0307. The number of aromatic amines is 1. The smallest absolute Gasteiger partial charge is 0.295 e. The zero-order chi connectivity index (χ0) is 20.5. The summed E-state index contributed by atoms with van der Waals surface area (Å²) < 4.78 is 64.6. The molecule has 4 N–H and O–H groups in total. The van der Waals surface area contributed by atoms with Crippen LogP contribution in [0, 0.1) is 11.3 Å². The molecule has 0 atom stereocenters. The van der Waals surface area contributed by atoms with E-state index in [1.54, 1.807) is 0 Å². The molecule has 1 aromatic heterocycles. The number of rotatable bonds is 5. The number of nitriles is 1. The Morgan fingerprint density at radius 2 is 1.89 bits per heavy atom. The molecule has 0 saturated carbocycles. The van der Waals surface area contributed by atoms with Gasteiger partial charge in [-0.25, -0.2) is 0 Å². The van der Waals surface area contributed by atoms with E-state index in [1.807, 2.05) is 6.07 Å². The Bertz CT molecular complexity index is 1340. The number of hydrogen-bond donors (Lipinski definition) is 4. The molecule has 28 heavy (non-hydrogen) atoms. The van der Waals surface area contributed by atoms with E-state index in [2.05, 4.69) is 25.9 Å². The molecule has 0 fully saturated rings. The van der Waals surface area contributed by atoms with Crippen LogP contribution in [-0.2, 0) is 20.2 Å². The lowest BCUT2D eigenvalue weighted by atomic mass is 10.1. The fourth-order valence-electron chi connectivity index (χ4n) is 2.34. The van der Waals surface area contributed by atoms with E-state index < -0.39 is 30.0 Å². The Morgan fingerprint density at radius 3 is 2.46 bits per heavy atom. The van der Waals surface area contributed by atoms with Crippen molar-refractivity contribution in [2.45, 2.75) is 9.79 Å². The highest BCUT2D eigenvalue weighted by Crippen LogP contribution is 2.29. The molecular formula is C14H10N6O6S2. The molecule has 0 aliphatic heterocycles. The van der Waals surface area contributed by atoms with Crippen LogP contribution in [0.1, 0.15) is 5.82 Å². The minimum atomic E-state index is -4.76. The number of allylic oxidation sites excluding steroid dienone is 1. The first-order chi connectivity index (χ1) is 13.1. The fourth-order valence-corrected chi connectivity index (χ4v) is 3.70. The molecule has 0 aliphatic rings. The van der Waals surface area contributed by atoms with Gasteiger partial charge < -0.3 is 5.32 Å². The van der Waals surface area contributed by atoms with Crippen LogP contribution in [0.2, 0.25) is 0 Å². The number of benzene rings is 2. The number of nitrogens with one attached hydrogen (secondary N) is 2. The third kappa shape index (κ3) is 3.97. The molecular weight excluding hydrogens is 412 g/mol. The van der Waals surface area contributed by atoms with Crippen LogP contribution in [0.5, 0.6) is 0 Å². The van der Waals surface area contributed by atoms with Crippen LogP contribution in [0.15, 0.2) is 46.3 Å². The van der Waals surface area contributed by atoms with Gasteiger partial charge >= 0.3 is 0 Å². The van der Waals surface area contributed by atoms with Crippen LogP contribution in [0.4, 0.5) is 5.69 Å². The molecule has 14 heteroatoms. The number of H-pyrrole nitrogens is 1. The number of fused-ring (bicyclic) bond motifs is 1. The van der Waals surface area contributed by atoms with Gasteiger partial charge in [0, 0.05) is 17.3 Å². The van der Waals surface area contributed by atoms with Crippen molar-refractivity contribution in [3.8, 4) is 6.07 Å². The van der Waals surface area contributed by atoms with Crippen molar-refractivity contribution in [3.63, 3.8) is 0 Å². The summed E-state index contributed by atoms with van der Waals surface area (Å²) in [6.07, 6.45) is 1.27. The van der Waals surface area contributed by atoms with E-state index in [-0.39, 0.29) is 22.2 Å². The topological polar surface area (TPSA) is 199 Å². The number of nitrogens with zero attached hydrogens (tertiary/aromatic N) is 4. The Labute approximate surface area is 158 Å². The molecule has 0 unspecified atom stereocenters. The van der Waals surface area contributed by atoms with Crippen molar-refractivity contribution < 1.29 is 25.9 Å². The average Bonchev–Trinajstić information content (AvgIpc) is 3.14. The summed E-state index contributed by atoms with van der Waals surface area (Å²) in [7, 11) is -9.49.